The van der Waals surface area contributed by atoms with Crippen LogP contribution in [0.1, 0.15) is 24.9 Å². The topological polar surface area (TPSA) is 43.8 Å². The van der Waals surface area contributed by atoms with Crippen molar-refractivity contribution in [1.82, 2.24) is 9.55 Å². The molecular formula is C16H15BrFN3. The molecular weight excluding hydrogens is 333 g/mol. The van der Waals surface area contributed by atoms with Crippen LogP contribution in [-0.4, -0.2) is 9.55 Å². The first-order valence-corrected chi connectivity index (χ1v) is 7.58. The third-order valence-corrected chi connectivity index (χ3v) is 4.25. The summed E-state index contributed by atoms with van der Waals surface area (Å²) in [7, 11) is 0. The number of imidazole rings is 1. The SMILES string of the molecule is CCC(c1ccccc1)n1c(N)nc2cc(Br)c(F)cc21. The average molecular weight is 348 g/mol. The molecule has 2 N–H and O–H groups in total. The lowest BCUT2D eigenvalue weighted by molar-refractivity contribution is 0.585. The molecule has 3 rings (SSSR count). The molecule has 1 unspecified atom stereocenters. The number of fused-ring (bicyclic) bond motifs is 1. The van der Waals surface area contributed by atoms with Gasteiger partial charge in [0.25, 0.3) is 0 Å². The number of hydrogen-bond acceptors (Lipinski definition) is 2. The maximum absolute atomic E-state index is 13.9. The second kappa shape index (κ2) is 5.48. The predicted molar refractivity (Wildman–Crippen MR) is 86.7 cm³/mol. The van der Waals surface area contributed by atoms with E-state index in [-0.39, 0.29) is 11.9 Å². The van der Waals surface area contributed by atoms with Crippen LogP contribution in [0, 0.1) is 5.82 Å². The van der Waals surface area contributed by atoms with E-state index in [2.05, 4.69) is 40.0 Å². The van der Waals surface area contributed by atoms with Crippen LogP contribution in [0.2, 0.25) is 0 Å². The number of halogens is 2. The number of hydrogen-bond donors (Lipinski definition) is 1. The highest BCUT2D eigenvalue weighted by molar-refractivity contribution is 9.10. The number of rotatable bonds is 3. The van der Waals surface area contributed by atoms with Gasteiger partial charge in [0.1, 0.15) is 5.82 Å². The van der Waals surface area contributed by atoms with Crippen molar-refractivity contribution in [2.24, 2.45) is 0 Å². The minimum absolute atomic E-state index is 0.0387. The van der Waals surface area contributed by atoms with Gasteiger partial charge in [0, 0.05) is 6.07 Å². The third kappa shape index (κ3) is 2.42. The molecule has 108 valence electrons. The van der Waals surface area contributed by atoms with Gasteiger partial charge >= 0.3 is 0 Å². The third-order valence-electron chi connectivity index (χ3n) is 3.64. The smallest absolute Gasteiger partial charge is 0.201 e. The zero-order chi connectivity index (χ0) is 15.0. The summed E-state index contributed by atoms with van der Waals surface area (Å²) < 4.78 is 16.2. The standard InChI is InChI=1S/C16H15BrFN3/c1-2-14(10-6-4-3-5-7-10)21-15-9-12(18)11(17)8-13(15)20-16(21)19/h3-9,14H,2H2,1H3,(H2,19,20). The minimum atomic E-state index is -0.313. The number of nitrogen functional groups attached to an aromatic ring is 1. The van der Waals surface area contributed by atoms with E-state index in [0.29, 0.717) is 21.5 Å². The van der Waals surface area contributed by atoms with Crippen LogP contribution in [-0.2, 0) is 0 Å². The molecule has 0 radical (unpaired) electrons. The van der Waals surface area contributed by atoms with Crippen LogP contribution in [0.25, 0.3) is 11.0 Å². The van der Waals surface area contributed by atoms with E-state index in [1.807, 2.05) is 22.8 Å². The molecule has 0 saturated carbocycles. The number of anilines is 1. The zero-order valence-corrected chi connectivity index (χ0v) is 13.1. The highest BCUT2D eigenvalue weighted by atomic mass is 79.9. The quantitative estimate of drug-likeness (QED) is 0.756. The Labute approximate surface area is 130 Å². The van der Waals surface area contributed by atoms with Gasteiger partial charge in [0.05, 0.1) is 21.5 Å². The molecule has 0 aliphatic rings. The Morgan fingerprint density at radius 3 is 2.67 bits per heavy atom. The fourth-order valence-electron chi connectivity index (χ4n) is 2.68. The zero-order valence-electron chi connectivity index (χ0n) is 11.6. The average Bonchev–Trinajstić information content (AvgIpc) is 2.78. The number of aromatic nitrogens is 2. The Balaban J connectivity index is 2.23. The molecule has 3 nitrogen and oxygen atoms in total. The Bertz CT molecular complexity index is 783. The predicted octanol–water partition coefficient (Wildman–Crippen LogP) is 4.52. The van der Waals surface area contributed by atoms with Gasteiger partial charge in [0.15, 0.2) is 0 Å². The maximum Gasteiger partial charge on any atom is 0.201 e. The molecule has 1 aromatic heterocycles. The van der Waals surface area contributed by atoms with Crippen molar-refractivity contribution in [2.45, 2.75) is 19.4 Å². The van der Waals surface area contributed by atoms with Gasteiger partial charge in [-0.2, -0.15) is 0 Å². The van der Waals surface area contributed by atoms with Crippen LogP contribution < -0.4 is 5.73 Å². The Morgan fingerprint density at radius 1 is 1.29 bits per heavy atom. The van der Waals surface area contributed by atoms with E-state index in [9.17, 15) is 4.39 Å². The van der Waals surface area contributed by atoms with Crippen molar-refractivity contribution in [3.05, 3.63) is 58.3 Å². The number of benzene rings is 2. The molecule has 0 amide bonds. The van der Waals surface area contributed by atoms with Crippen LogP contribution in [0.5, 0.6) is 0 Å². The second-order valence-electron chi connectivity index (χ2n) is 4.93. The van der Waals surface area contributed by atoms with E-state index >= 15 is 0 Å². The van der Waals surface area contributed by atoms with Crippen molar-refractivity contribution in [3.8, 4) is 0 Å². The molecule has 0 spiro atoms. The lowest BCUT2D eigenvalue weighted by Crippen LogP contribution is -2.12. The summed E-state index contributed by atoms with van der Waals surface area (Å²) in [5.74, 6) is 0.0877. The van der Waals surface area contributed by atoms with Crippen LogP contribution in [0.15, 0.2) is 46.9 Å². The molecule has 0 aliphatic carbocycles. The summed E-state index contributed by atoms with van der Waals surface area (Å²) in [6.07, 6.45) is 0.845. The molecule has 0 fully saturated rings. The van der Waals surface area contributed by atoms with E-state index in [1.54, 1.807) is 6.07 Å². The summed E-state index contributed by atoms with van der Waals surface area (Å²) in [6, 6.07) is 13.2. The summed E-state index contributed by atoms with van der Waals surface area (Å²) >= 11 is 3.18. The molecule has 1 atom stereocenters. The van der Waals surface area contributed by atoms with E-state index < -0.39 is 0 Å². The minimum Gasteiger partial charge on any atom is -0.369 e. The number of nitrogens with zero attached hydrogens (tertiary/aromatic N) is 2. The largest absolute Gasteiger partial charge is 0.369 e. The van der Waals surface area contributed by atoms with Gasteiger partial charge < -0.3 is 10.3 Å². The Hall–Kier alpha value is -1.88. The normalized spacial score (nSPS) is 12.7. The lowest BCUT2D eigenvalue weighted by atomic mass is 10.0. The van der Waals surface area contributed by atoms with E-state index in [0.717, 1.165) is 12.0 Å². The summed E-state index contributed by atoms with van der Waals surface area (Å²) in [5.41, 5.74) is 8.62. The van der Waals surface area contributed by atoms with Gasteiger partial charge in [0.2, 0.25) is 5.95 Å². The highest BCUT2D eigenvalue weighted by Crippen LogP contribution is 2.32. The first kappa shape index (κ1) is 14.1. The first-order chi connectivity index (χ1) is 10.1. The highest BCUT2D eigenvalue weighted by Gasteiger charge is 2.19. The molecule has 2 aromatic carbocycles. The van der Waals surface area contributed by atoms with Gasteiger partial charge in [-0.15, -0.1) is 0 Å². The van der Waals surface area contributed by atoms with Gasteiger partial charge in [-0.1, -0.05) is 37.3 Å². The van der Waals surface area contributed by atoms with Crippen LogP contribution in [0.4, 0.5) is 10.3 Å². The van der Waals surface area contributed by atoms with Crippen molar-refractivity contribution in [3.63, 3.8) is 0 Å². The lowest BCUT2D eigenvalue weighted by Gasteiger charge is -2.19. The molecule has 0 bridgehead atoms. The van der Waals surface area contributed by atoms with Gasteiger partial charge in [-0.3, -0.25) is 0 Å². The van der Waals surface area contributed by atoms with Crippen LogP contribution in [0.3, 0.4) is 0 Å². The molecule has 0 aliphatic heterocycles. The molecule has 0 saturated heterocycles. The van der Waals surface area contributed by atoms with E-state index in [4.69, 9.17) is 5.73 Å². The number of nitrogens with two attached hydrogens (primary N) is 1. The second-order valence-corrected chi connectivity index (χ2v) is 5.78. The van der Waals surface area contributed by atoms with Crippen molar-refractivity contribution in [1.29, 1.82) is 0 Å². The van der Waals surface area contributed by atoms with Gasteiger partial charge in [-0.05, 0) is 34.0 Å². The Kier molecular flexibility index (Phi) is 3.68. The fraction of sp³-hybridized carbons (Fsp3) is 0.188. The Morgan fingerprint density at radius 2 is 2.00 bits per heavy atom. The summed E-state index contributed by atoms with van der Waals surface area (Å²) in [4.78, 5) is 4.35. The summed E-state index contributed by atoms with van der Waals surface area (Å²) in [5, 5.41) is 0. The van der Waals surface area contributed by atoms with Gasteiger partial charge in [-0.25, -0.2) is 9.37 Å². The monoisotopic (exact) mass is 347 g/mol. The van der Waals surface area contributed by atoms with Crippen LogP contribution >= 0.6 is 15.9 Å². The molecule has 3 aromatic rings. The van der Waals surface area contributed by atoms with Crippen molar-refractivity contribution >= 4 is 32.9 Å². The molecule has 5 heteroatoms. The van der Waals surface area contributed by atoms with Crippen molar-refractivity contribution < 1.29 is 4.39 Å². The molecule has 1 heterocycles. The first-order valence-electron chi connectivity index (χ1n) is 6.79. The van der Waals surface area contributed by atoms with Crippen molar-refractivity contribution in [2.75, 3.05) is 5.73 Å². The maximum atomic E-state index is 13.9. The molecule has 21 heavy (non-hydrogen) atoms. The fourth-order valence-corrected chi connectivity index (χ4v) is 3.01. The summed E-state index contributed by atoms with van der Waals surface area (Å²) in [6.45, 7) is 2.08. The van der Waals surface area contributed by atoms with E-state index in [1.165, 1.54) is 6.07 Å².